The maximum Gasteiger partial charge on any atom is 0.387 e. The summed E-state index contributed by atoms with van der Waals surface area (Å²) in [6.07, 6.45) is 2.46. The van der Waals surface area contributed by atoms with E-state index in [0.717, 1.165) is 5.56 Å². The lowest BCUT2D eigenvalue weighted by Gasteiger charge is -2.19. The number of hydrogen-bond acceptors (Lipinski definition) is 2. The molecular formula is C25H18Cl2F2O2. The Morgan fingerprint density at radius 2 is 1.68 bits per heavy atom. The van der Waals surface area contributed by atoms with Crippen LogP contribution < -0.4 is 4.74 Å². The predicted octanol–water partition coefficient (Wildman–Crippen LogP) is 7.68. The van der Waals surface area contributed by atoms with Crippen LogP contribution in [0, 0.1) is 0 Å². The molecule has 3 aromatic carbocycles. The quantitative estimate of drug-likeness (QED) is 0.354. The third-order valence-corrected chi connectivity index (χ3v) is 5.89. The van der Waals surface area contributed by atoms with Crippen LogP contribution in [-0.2, 0) is 0 Å². The van der Waals surface area contributed by atoms with Crippen LogP contribution in [0.4, 0.5) is 8.78 Å². The van der Waals surface area contributed by atoms with Crippen LogP contribution in [-0.4, -0.2) is 12.4 Å². The Morgan fingerprint density at radius 1 is 0.935 bits per heavy atom. The second kappa shape index (κ2) is 9.21. The van der Waals surface area contributed by atoms with Gasteiger partial charge in [0.1, 0.15) is 5.75 Å². The van der Waals surface area contributed by atoms with Crippen molar-refractivity contribution in [2.75, 3.05) is 0 Å². The molecule has 0 saturated carbocycles. The highest BCUT2D eigenvalue weighted by atomic mass is 35.5. The van der Waals surface area contributed by atoms with Crippen LogP contribution in [0.25, 0.3) is 0 Å². The zero-order valence-electron chi connectivity index (χ0n) is 16.3. The molecule has 6 heteroatoms. The third kappa shape index (κ3) is 4.81. The molecule has 4 rings (SSSR count). The summed E-state index contributed by atoms with van der Waals surface area (Å²) in [6, 6.07) is 20.7. The molecule has 0 aromatic heterocycles. The van der Waals surface area contributed by atoms with Crippen molar-refractivity contribution in [1.82, 2.24) is 0 Å². The number of para-hydroxylation sites is 1. The maximum absolute atomic E-state index is 13.4. The van der Waals surface area contributed by atoms with Crippen LogP contribution >= 0.6 is 23.2 Å². The molecule has 2 unspecified atom stereocenters. The molecule has 0 radical (unpaired) electrons. The second-order valence-electron chi connectivity index (χ2n) is 7.32. The Balaban J connectivity index is 1.77. The number of hydrogen-bond donors (Lipinski definition) is 0. The number of rotatable bonds is 6. The third-order valence-electron chi connectivity index (χ3n) is 5.40. The first-order valence-electron chi connectivity index (χ1n) is 9.73. The zero-order chi connectivity index (χ0) is 22.0. The minimum atomic E-state index is -2.95. The first-order valence-corrected chi connectivity index (χ1v) is 10.5. The molecule has 1 aliphatic carbocycles. The molecule has 2 nitrogen and oxygen atoms in total. The summed E-state index contributed by atoms with van der Waals surface area (Å²) < 4.78 is 30.8. The molecule has 0 heterocycles. The van der Waals surface area contributed by atoms with Crippen molar-refractivity contribution in [3.8, 4) is 5.75 Å². The van der Waals surface area contributed by atoms with E-state index in [4.69, 9.17) is 27.9 Å². The summed E-state index contributed by atoms with van der Waals surface area (Å²) >= 11 is 12.1. The Hall–Kier alpha value is -2.69. The molecule has 0 amide bonds. The Morgan fingerprint density at radius 3 is 2.39 bits per heavy atom. The van der Waals surface area contributed by atoms with Gasteiger partial charge in [-0.3, -0.25) is 4.79 Å². The number of benzene rings is 3. The van der Waals surface area contributed by atoms with Gasteiger partial charge in [0.05, 0.1) is 0 Å². The van der Waals surface area contributed by atoms with Gasteiger partial charge < -0.3 is 4.74 Å². The fourth-order valence-corrected chi connectivity index (χ4v) is 4.34. The number of halogens is 4. The zero-order valence-corrected chi connectivity index (χ0v) is 17.8. The fraction of sp³-hybridized carbons (Fsp3) is 0.160. The maximum atomic E-state index is 13.4. The van der Waals surface area contributed by atoms with Crippen molar-refractivity contribution in [3.63, 3.8) is 0 Å². The SMILES string of the molecule is O=C(C1=CC(c2ccc(Cl)cc2)CC1c1ccccc1OC(F)F)c1cccc(Cl)c1. The van der Waals surface area contributed by atoms with Crippen LogP contribution in [0.3, 0.4) is 0 Å². The Labute approximate surface area is 189 Å². The molecule has 158 valence electrons. The van der Waals surface area contributed by atoms with Crippen molar-refractivity contribution in [2.45, 2.75) is 24.9 Å². The van der Waals surface area contributed by atoms with Crippen LogP contribution in [0.15, 0.2) is 84.4 Å². The van der Waals surface area contributed by atoms with Gasteiger partial charge in [-0.2, -0.15) is 8.78 Å². The van der Waals surface area contributed by atoms with Crippen molar-refractivity contribution < 1.29 is 18.3 Å². The van der Waals surface area contributed by atoms with Gasteiger partial charge in [0.25, 0.3) is 0 Å². The lowest BCUT2D eigenvalue weighted by atomic mass is 9.86. The summed E-state index contributed by atoms with van der Waals surface area (Å²) in [6.45, 7) is -2.95. The number of ketones is 1. The van der Waals surface area contributed by atoms with Gasteiger partial charge >= 0.3 is 6.61 Å². The van der Waals surface area contributed by atoms with E-state index >= 15 is 0 Å². The van der Waals surface area contributed by atoms with Gasteiger partial charge in [0.15, 0.2) is 5.78 Å². The largest absolute Gasteiger partial charge is 0.435 e. The molecule has 0 fully saturated rings. The number of Topliss-reactive ketones (excluding diaryl/α,β-unsaturated/α-hetero) is 1. The topological polar surface area (TPSA) is 26.3 Å². The van der Waals surface area contributed by atoms with Gasteiger partial charge in [0.2, 0.25) is 0 Å². The molecule has 0 bridgehead atoms. The van der Waals surface area contributed by atoms with Gasteiger partial charge in [-0.05, 0) is 42.3 Å². The van der Waals surface area contributed by atoms with Gasteiger partial charge in [-0.15, -0.1) is 0 Å². The summed E-state index contributed by atoms with van der Waals surface area (Å²) in [4.78, 5) is 13.4. The molecule has 1 aliphatic rings. The lowest BCUT2D eigenvalue weighted by Crippen LogP contribution is -2.12. The normalized spacial score (nSPS) is 18.2. The molecule has 0 spiro atoms. The standard InChI is InChI=1S/C25H18Cl2F2O2/c26-18-10-8-15(9-11-18)17-13-21(20-6-1-2-7-23(20)31-25(28)29)22(14-17)24(30)16-4-3-5-19(27)12-16/h1-12,14,17,21,25H,13H2. The molecule has 0 saturated heterocycles. The number of carbonyl (C=O) groups excluding carboxylic acids is 1. The molecule has 0 N–H and O–H groups in total. The van der Waals surface area contributed by atoms with E-state index in [1.54, 1.807) is 54.6 Å². The molecule has 31 heavy (non-hydrogen) atoms. The minimum Gasteiger partial charge on any atom is -0.435 e. The van der Waals surface area contributed by atoms with Crippen molar-refractivity contribution in [2.24, 2.45) is 0 Å². The van der Waals surface area contributed by atoms with E-state index in [9.17, 15) is 13.6 Å². The number of carbonyl (C=O) groups is 1. The minimum absolute atomic E-state index is 0.0694. The monoisotopic (exact) mass is 458 g/mol. The van der Waals surface area contributed by atoms with E-state index in [1.807, 2.05) is 18.2 Å². The first-order chi connectivity index (χ1) is 14.9. The highest BCUT2D eigenvalue weighted by Crippen LogP contribution is 2.47. The van der Waals surface area contributed by atoms with E-state index in [0.29, 0.717) is 33.2 Å². The van der Waals surface area contributed by atoms with Crippen LogP contribution in [0.5, 0.6) is 5.75 Å². The molecule has 2 atom stereocenters. The second-order valence-corrected chi connectivity index (χ2v) is 8.20. The predicted molar refractivity (Wildman–Crippen MR) is 118 cm³/mol. The van der Waals surface area contributed by atoms with Crippen LogP contribution in [0.1, 0.15) is 39.7 Å². The van der Waals surface area contributed by atoms with Gasteiger partial charge in [0, 0.05) is 38.6 Å². The van der Waals surface area contributed by atoms with Crippen molar-refractivity contribution >= 4 is 29.0 Å². The summed E-state index contributed by atoms with van der Waals surface area (Å²) in [5.74, 6) is -0.581. The smallest absolute Gasteiger partial charge is 0.387 e. The first kappa shape index (κ1) is 21.5. The van der Waals surface area contributed by atoms with E-state index in [-0.39, 0.29) is 17.5 Å². The van der Waals surface area contributed by atoms with Gasteiger partial charge in [-0.1, -0.05) is 71.7 Å². The summed E-state index contributed by atoms with van der Waals surface area (Å²) in [7, 11) is 0. The Kier molecular flexibility index (Phi) is 6.40. The summed E-state index contributed by atoms with van der Waals surface area (Å²) in [5.41, 5.74) is 2.54. The van der Waals surface area contributed by atoms with Crippen molar-refractivity contribution in [3.05, 3.63) is 111 Å². The van der Waals surface area contributed by atoms with Crippen molar-refractivity contribution in [1.29, 1.82) is 0 Å². The molecule has 0 aliphatic heterocycles. The Bertz CT molecular complexity index is 1130. The van der Waals surface area contributed by atoms with E-state index in [1.165, 1.54) is 6.07 Å². The average molecular weight is 459 g/mol. The van der Waals surface area contributed by atoms with Gasteiger partial charge in [-0.25, -0.2) is 0 Å². The van der Waals surface area contributed by atoms with E-state index in [2.05, 4.69) is 0 Å². The highest BCUT2D eigenvalue weighted by Gasteiger charge is 2.34. The fourth-order valence-electron chi connectivity index (χ4n) is 4.02. The highest BCUT2D eigenvalue weighted by molar-refractivity contribution is 6.31. The average Bonchev–Trinajstić information content (AvgIpc) is 3.19. The molecule has 3 aromatic rings. The number of allylic oxidation sites excluding steroid dienone is 2. The van der Waals surface area contributed by atoms with E-state index < -0.39 is 12.5 Å². The molecular weight excluding hydrogens is 441 g/mol. The van der Waals surface area contributed by atoms with Crippen LogP contribution in [0.2, 0.25) is 10.0 Å². The lowest BCUT2D eigenvalue weighted by molar-refractivity contribution is -0.0505. The number of alkyl halides is 2. The number of ether oxygens (including phenoxy) is 1. The summed E-state index contributed by atoms with van der Waals surface area (Å²) in [5, 5.41) is 1.07.